The molecule has 1 aromatic carbocycles. The summed E-state index contributed by atoms with van der Waals surface area (Å²) in [5.41, 5.74) is 10.0. The number of imidazole rings is 1. The van der Waals surface area contributed by atoms with Crippen molar-refractivity contribution in [2.24, 2.45) is 5.73 Å². The van der Waals surface area contributed by atoms with Crippen molar-refractivity contribution in [3.05, 3.63) is 29.6 Å². The number of hydrogen-bond donors (Lipinski definition) is 1. The molecular formula is C17H25N3. The van der Waals surface area contributed by atoms with Crippen molar-refractivity contribution in [1.82, 2.24) is 9.55 Å². The van der Waals surface area contributed by atoms with Gasteiger partial charge in [0.25, 0.3) is 0 Å². The molecule has 20 heavy (non-hydrogen) atoms. The summed E-state index contributed by atoms with van der Waals surface area (Å²) in [6, 6.07) is 7.24. The molecule has 1 saturated carbocycles. The topological polar surface area (TPSA) is 43.8 Å². The van der Waals surface area contributed by atoms with Gasteiger partial charge in [0.15, 0.2) is 0 Å². The average molecular weight is 271 g/mol. The maximum absolute atomic E-state index is 6.10. The molecule has 3 nitrogen and oxygen atoms in total. The zero-order valence-corrected chi connectivity index (χ0v) is 12.8. The number of rotatable bonds is 3. The molecular weight excluding hydrogens is 246 g/mol. The number of hydrogen-bond acceptors (Lipinski definition) is 2. The molecule has 108 valence electrons. The van der Waals surface area contributed by atoms with Crippen molar-refractivity contribution in [3.63, 3.8) is 0 Å². The molecule has 1 aliphatic carbocycles. The average Bonchev–Trinajstić information content (AvgIpc) is 3.01. The van der Waals surface area contributed by atoms with Gasteiger partial charge in [-0.2, -0.15) is 0 Å². The molecule has 3 heteroatoms. The van der Waals surface area contributed by atoms with Gasteiger partial charge in [0.2, 0.25) is 0 Å². The Bertz CT molecular complexity index is 618. The highest BCUT2D eigenvalue weighted by molar-refractivity contribution is 5.77. The van der Waals surface area contributed by atoms with Crippen LogP contribution < -0.4 is 5.73 Å². The lowest BCUT2D eigenvalue weighted by atomic mass is 9.79. The van der Waals surface area contributed by atoms with E-state index in [0.717, 1.165) is 17.9 Å². The van der Waals surface area contributed by atoms with Gasteiger partial charge in [-0.3, -0.25) is 0 Å². The Labute approximate surface area is 121 Å². The van der Waals surface area contributed by atoms with Crippen LogP contribution in [0.3, 0.4) is 0 Å². The molecule has 0 atom stereocenters. The van der Waals surface area contributed by atoms with Crippen LogP contribution in [0.2, 0.25) is 0 Å². The van der Waals surface area contributed by atoms with Gasteiger partial charge in [0.1, 0.15) is 5.82 Å². The number of benzene rings is 1. The molecule has 0 spiro atoms. The summed E-state index contributed by atoms with van der Waals surface area (Å²) in [5, 5.41) is 0. The summed E-state index contributed by atoms with van der Waals surface area (Å²) in [7, 11) is 0. The highest BCUT2D eigenvalue weighted by Crippen LogP contribution is 2.41. The first-order valence-corrected chi connectivity index (χ1v) is 7.76. The Balaban J connectivity index is 2.12. The molecule has 0 aliphatic heterocycles. The normalized spacial score (nSPS) is 18.2. The lowest BCUT2D eigenvalue weighted by Crippen LogP contribution is -2.31. The molecule has 1 fully saturated rings. The van der Waals surface area contributed by atoms with E-state index in [9.17, 15) is 0 Å². The maximum Gasteiger partial charge on any atom is 0.106 e. The Hall–Kier alpha value is -1.35. The van der Waals surface area contributed by atoms with Gasteiger partial charge in [-0.25, -0.2) is 4.98 Å². The Morgan fingerprint density at radius 3 is 2.60 bits per heavy atom. The van der Waals surface area contributed by atoms with E-state index in [0.29, 0.717) is 6.04 Å². The summed E-state index contributed by atoms with van der Waals surface area (Å²) < 4.78 is 2.31. The quantitative estimate of drug-likeness (QED) is 0.925. The number of aromatic nitrogens is 2. The second-order valence-corrected chi connectivity index (χ2v) is 6.52. The van der Waals surface area contributed by atoms with Gasteiger partial charge in [-0.15, -0.1) is 0 Å². The van der Waals surface area contributed by atoms with E-state index in [1.807, 2.05) is 0 Å². The van der Waals surface area contributed by atoms with E-state index in [1.165, 1.54) is 36.8 Å². The largest absolute Gasteiger partial charge is 0.330 e. The Morgan fingerprint density at radius 1 is 1.30 bits per heavy atom. The minimum Gasteiger partial charge on any atom is -0.330 e. The lowest BCUT2D eigenvalue weighted by Gasteiger charge is -2.27. The van der Waals surface area contributed by atoms with Crippen LogP contribution in [0, 0.1) is 6.92 Å². The fourth-order valence-electron chi connectivity index (χ4n) is 3.86. The molecule has 1 aromatic heterocycles. The van der Waals surface area contributed by atoms with Crippen LogP contribution in [0.4, 0.5) is 0 Å². The number of fused-ring (bicyclic) bond motifs is 1. The van der Waals surface area contributed by atoms with E-state index in [1.54, 1.807) is 0 Å². The molecule has 0 bridgehead atoms. The third kappa shape index (κ3) is 1.96. The maximum atomic E-state index is 6.10. The van der Waals surface area contributed by atoms with E-state index in [4.69, 9.17) is 10.7 Å². The summed E-state index contributed by atoms with van der Waals surface area (Å²) in [4.78, 5) is 4.75. The van der Waals surface area contributed by atoms with Crippen LogP contribution in [0.25, 0.3) is 11.0 Å². The molecule has 1 heterocycles. The number of aryl methyl sites for hydroxylation is 1. The second-order valence-electron chi connectivity index (χ2n) is 6.52. The zero-order chi connectivity index (χ0) is 14.3. The van der Waals surface area contributed by atoms with Crippen molar-refractivity contribution < 1.29 is 0 Å². The van der Waals surface area contributed by atoms with E-state index >= 15 is 0 Å². The van der Waals surface area contributed by atoms with Gasteiger partial charge >= 0.3 is 0 Å². The first kappa shape index (κ1) is 13.6. The molecule has 1 aliphatic rings. The van der Waals surface area contributed by atoms with E-state index in [2.05, 4.69) is 43.5 Å². The molecule has 0 amide bonds. The predicted molar refractivity (Wildman–Crippen MR) is 84.1 cm³/mol. The minimum atomic E-state index is 0.198. The Kier molecular flexibility index (Phi) is 3.33. The third-order valence-corrected chi connectivity index (χ3v) is 4.95. The van der Waals surface area contributed by atoms with Gasteiger partial charge in [-0.05, 0) is 51.3 Å². The standard InChI is InChI=1S/C17H25N3/c1-12(2)20-13(3)19-15-10-14(6-7-16(15)20)17(11-18)8-4-5-9-17/h6-7,10,12H,4-5,8-9,11,18H2,1-3H3. The van der Waals surface area contributed by atoms with Crippen LogP contribution in [0.15, 0.2) is 18.2 Å². The lowest BCUT2D eigenvalue weighted by molar-refractivity contribution is 0.453. The summed E-state index contributed by atoms with van der Waals surface area (Å²) in [5.74, 6) is 1.10. The van der Waals surface area contributed by atoms with Crippen LogP contribution in [-0.2, 0) is 5.41 Å². The number of nitrogens with two attached hydrogens (primary N) is 1. The zero-order valence-electron chi connectivity index (χ0n) is 12.8. The summed E-state index contributed by atoms with van der Waals surface area (Å²) >= 11 is 0. The monoisotopic (exact) mass is 271 g/mol. The van der Waals surface area contributed by atoms with Crippen molar-refractivity contribution in [1.29, 1.82) is 0 Å². The summed E-state index contributed by atoms with van der Waals surface area (Å²) in [6.45, 7) is 7.26. The first-order chi connectivity index (χ1) is 9.57. The van der Waals surface area contributed by atoms with Crippen molar-refractivity contribution in [3.8, 4) is 0 Å². The van der Waals surface area contributed by atoms with Gasteiger partial charge < -0.3 is 10.3 Å². The minimum absolute atomic E-state index is 0.198. The number of nitrogens with zero attached hydrogens (tertiary/aromatic N) is 2. The van der Waals surface area contributed by atoms with E-state index < -0.39 is 0 Å². The van der Waals surface area contributed by atoms with Crippen molar-refractivity contribution in [2.45, 2.75) is 57.9 Å². The fourth-order valence-corrected chi connectivity index (χ4v) is 3.86. The van der Waals surface area contributed by atoms with E-state index in [-0.39, 0.29) is 5.41 Å². The van der Waals surface area contributed by atoms with Gasteiger partial charge in [0.05, 0.1) is 11.0 Å². The third-order valence-electron chi connectivity index (χ3n) is 4.95. The van der Waals surface area contributed by atoms with Crippen molar-refractivity contribution >= 4 is 11.0 Å². The van der Waals surface area contributed by atoms with Crippen molar-refractivity contribution in [2.75, 3.05) is 6.54 Å². The molecule has 2 aromatic rings. The molecule has 2 N–H and O–H groups in total. The van der Waals surface area contributed by atoms with Gasteiger partial charge in [0, 0.05) is 18.0 Å². The summed E-state index contributed by atoms with van der Waals surface area (Å²) in [6.07, 6.45) is 5.04. The molecule has 0 unspecified atom stereocenters. The highest BCUT2D eigenvalue weighted by atomic mass is 15.1. The first-order valence-electron chi connectivity index (χ1n) is 7.76. The van der Waals surface area contributed by atoms with Crippen LogP contribution >= 0.6 is 0 Å². The smallest absolute Gasteiger partial charge is 0.106 e. The molecule has 0 radical (unpaired) electrons. The van der Waals surface area contributed by atoms with Gasteiger partial charge in [-0.1, -0.05) is 18.9 Å². The van der Waals surface area contributed by atoms with Crippen LogP contribution in [-0.4, -0.2) is 16.1 Å². The molecule has 3 rings (SSSR count). The Morgan fingerprint density at radius 2 is 2.00 bits per heavy atom. The second kappa shape index (κ2) is 4.88. The predicted octanol–water partition coefficient (Wildman–Crippen LogP) is 3.70. The van der Waals surface area contributed by atoms with Crippen LogP contribution in [0.1, 0.15) is 57.0 Å². The SMILES string of the molecule is Cc1nc2cc(C3(CN)CCCC3)ccc2n1C(C)C. The fraction of sp³-hybridized carbons (Fsp3) is 0.588. The highest BCUT2D eigenvalue weighted by Gasteiger charge is 2.34. The molecule has 0 saturated heterocycles. The van der Waals surface area contributed by atoms with Crippen LogP contribution in [0.5, 0.6) is 0 Å².